The number of furan rings is 1. The van der Waals surface area contributed by atoms with E-state index in [1.165, 1.54) is 0 Å². The Balaban J connectivity index is 1.38. The number of methoxy groups -OCH3 is 1. The fourth-order valence-electron chi connectivity index (χ4n) is 4.01. The summed E-state index contributed by atoms with van der Waals surface area (Å²) in [5, 5.41) is 0.815. The van der Waals surface area contributed by atoms with Crippen molar-refractivity contribution in [1.82, 2.24) is 14.6 Å². The molecular weight excluding hydrogens is 402 g/mol. The molecule has 7 nitrogen and oxygen atoms in total. The molecule has 8 heteroatoms. The van der Waals surface area contributed by atoms with E-state index in [1.807, 2.05) is 24.3 Å². The molecule has 1 saturated heterocycles. The van der Waals surface area contributed by atoms with E-state index in [2.05, 4.69) is 14.6 Å². The maximum atomic E-state index is 12.9. The van der Waals surface area contributed by atoms with Gasteiger partial charge in [0.1, 0.15) is 23.0 Å². The molecule has 1 atom stereocenters. The molecule has 0 aliphatic carbocycles. The predicted molar refractivity (Wildman–Crippen MR) is 114 cm³/mol. The number of rotatable bonds is 8. The number of nitrogens with one attached hydrogen (secondary N) is 1. The molecule has 1 aromatic carbocycles. The van der Waals surface area contributed by atoms with E-state index in [0.29, 0.717) is 18.7 Å². The summed E-state index contributed by atoms with van der Waals surface area (Å²) in [6, 6.07) is 12.8. The molecule has 30 heavy (non-hydrogen) atoms. The molecule has 0 amide bonds. The maximum absolute atomic E-state index is 12.9. The van der Waals surface area contributed by atoms with Gasteiger partial charge in [0.15, 0.2) is 0 Å². The molecule has 3 aromatic rings. The van der Waals surface area contributed by atoms with Gasteiger partial charge in [0.05, 0.1) is 12.1 Å². The Morgan fingerprint density at radius 1 is 1.20 bits per heavy atom. The van der Waals surface area contributed by atoms with Crippen molar-refractivity contribution in [1.29, 1.82) is 0 Å². The first-order valence-corrected chi connectivity index (χ1v) is 11.7. The van der Waals surface area contributed by atoms with Crippen molar-refractivity contribution >= 4 is 20.9 Å². The third kappa shape index (κ3) is 4.89. The number of pyridine rings is 1. The zero-order chi connectivity index (χ0) is 21.0. The number of ether oxygens (including phenoxy) is 1. The van der Waals surface area contributed by atoms with Gasteiger partial charge in [-0.05, 0) is 49.6 Å². The molecule has 0 unspecified atom stereocenters. The first-order valence-electron chi connectivity index (χ1n) is 10.2. The zero-order valence-corrected chi connectivity index (χ0v) is 17.9. The fourth-order valence-corrected chi connectivity index (χ4v) is 5.30. The summed E-state index contributed by atoms with van der Waals surface area (Å²) in [4.78, 5) is 6.82. The fraction of sp³-hybridized carbons (Fsp3) is 0.409. The van der Waals surface area contributed by atoms with Gasteiger partial charge in [0.2, 0.25) is 10.0 Å². The number of nitrogens with zero attached hydrogens (tertiary/aromatic N) is 2. The van der Waals surface area contributed by atoms with Gasteiger partial charge in [0.25, 0.3) is 0 Å². The number of aromatic nitrogens is 1. The number of hydrogen-bond acceptors (Lipinski definition) is 6. The summed E-state index contributed by atoms with van der Waals surface area (Å²) in [5.74, 6) is 1.98. The van der Waals surface area contributed by atoms with Crippen LogP contribution in [0.1, 0.15) is 24.4 Å². The van der Waals surface area contributed by atoms with Crippen LogP contribution in [0.25, 0.3) is 10.9 Å². The Kier molecular flexibility index (Phi) is 6.48. The van der Waals surface area contributed by atoms with Crippen LogP contribution in [0.3, 0.4) is 0 Å². The van der Waals surface area contributed by atoms with Crippen LogP contribution in [0.4, 0.5) is 0 Å². The van der Waals surface area contributed by atoms with Crippen LogP contribution in [0.2, 0.25) is 0 Å². The third-order valence-electron chi connectivity index (χ3n) is 5.43. The van der Waals surface area contributed by atoms with Gasteiger partial charge in [-0.15, -0.1) is 0 Å². The van der Waals surface area contributed by atoms with E-state index in [0.717, 1.165) is 49.4 Å². The first kappa shape index (κ1) is 21.0. The number of para-hydroxylation sites is 1. The van der Waals surface area contributed by atoms with Crippen LogP contribution < -0.4 is 4.72 Å². The molecule has 4 rings (SSSR count). The quantitative estimate of drug-likeness (QED) is 0.592. The average Bonchev–Trinajstić information content (AvgIpc) is 3.19. The largest absolute Gasteiger partial charge is 0.462 e. The van der Waals surface area contributed by atoms with Crippen molar-refractivity contribution in [2.24, 2.45) is 5.92 Å². The van der Waals surface area contributed by atoms with E-state index < -0.39 is 10.0 Å². The lowest BCUT2D eigenvalue weighted by molar-refractivity contribution is 0.144. The summed E-state index contributed by atoms with van der Waals surface area (Å²) in [6.45, 7) is 3.41. The van der Waals surface area contributed by atoms with Crippen molar-refractivity contribution in [2.45, 2.75) is 30.9 Å². The Hall–Kier alpha value is -2.26. The second-order valence-electron chi connectivity index (χ2n) is 7.73. The maximum Gasteiger partial charge on any atom is 0.242 e. The molecule has 0 bridgehead atoms. The molecular formula is C22H27N3O4S. The molecule has 1 fully saturated rings. The van der Waals surface area contributed by atoms with Gasteiger partial charge in [-0.2, -0.15) is 0 Å². The molecule has 1 N–H and O–H groups in total. The first-order chi connectivity index (χ1) is 14.5. The molecule has 2 aromatic heterocycles. The van der Waals surface area contributed by atoms with E-state index in [-0.39, 0.29) is 10.8 Å². The molecule has 0 spiro atoms. The topological polar surface area (TPSA) is 84.7 Å². The standard InChI is InChI=1S/C22H27N3O4S/c1-28-16-20-10-9-19(29-20)15-25-12-4-5-17(14-25)13-24-30(26,27)21-8-2-6-18-7-3-11-23-22(18)21/h2-3,6-11,17,24H,4-5,12-16H2,1H3/t17-/m1/s1. The number of benzene rings is 1. The summed E-state index contributed by atoms with van der Waals surface area (Å²) < 4.78 is 39.6. The second kappa shape index (κ2) is 9.26. The molecule has 1 aliphatic heterocycles. The highest BCUT2D eigenvalue weighted by Crippen LogP contribution is 2.22. The van der Waals surface area contributed by atoms with Crippen molar-refractivity contribution < 1.29 is 17.6 Å². The average molecular weight is 430 g/mol. The van der Waals surface area contributed by atoms with Crippen molar-refractivity contribution in [2.75, 3.05) is 26.7 Å². The van der Waals surface area contributed by atoms with Crippen LogP contribution in [-0.4, -0.2) is 45.0 Å². The minimum absolute atomic E-state index is 0.231. The molecule has 0 saturated carbocycles. The lowest BCUT2D eigenvalue weighted by Crippen LogP contribution is -2.40. The van der Waals surface area contributed by atoms with Crippen molar-refractivity contribution in [3.05, 3.63) is 60.2 Å². The monoisotopic (exact) mass is 429 g/mol. The number of sulfonamides is 1. The highest BCUT2D eigenvalue weighted by atomic mass is 32.2. The minimum atomic E-state index is -3.63. The zero-order valence-electron chi connectivity index (χ0n) is 17.1. The van der Waals surface area contributed by atoms with Gasteiger partial charge < -0.3 is 9.15 Å². The van der Waals surface area contributed by atoms with Crippen molar-refractivity contribution in [3.63, 3.8) is 0 Å². The Morgan fingerprint density at radius 3 is 2.90 bits per heavy atom. The van der Waals surface area contributed by atoms with Gasteiger partial charge in [-0.1, -0.05) is 18.2 Å². The van der Waals surface area contributed by atoms with Gasteiger partial charge >= 0.3 is 0 Å². The molecule has 0 radical (unpaired) electrons. The molecule has 1 aliphatic rings. The van der Waals surface area contributed by atoms with E-state index in [4.69, 9.17) is 9.15 Å². The van der Waals surface area contributed by atoms with Crippen LogP contribution in [0, 0.1) is 5.92 Å². The van der Waals surface area contributed by atoms with Gasteiger partial charge in [-0.25, -0.2) is 13.1 Å². The Morgan fingerprint density at radius 2 is 2.03 bits per heavy atom. The van der Waals surface area contributed by atoms with Crippen LogP contribution in [0.5, 0.6) is 0 Å². The lowest BCUT2D eigenvalue weighted by atomic mass is 9.98. The number of piperidine rings is 1. The highest BCUT2D eigenvalue weighted by Gasteiger charge is 2.24. The van der Waals surface area contributed by atoms with E-state index >= 15 is 0 Å². The van der Waals surface area contributed by atoms with Crippen LogP contribution in [-0.2, 0) is 27.9 Å². The summed E-state index contributed by atoms with van der Waals surface area (Å²) in [6.07, 6.45) is 3.65. The van der Waals surface area contributed by atoms with E-state index in [9.17, 15) is 8.42 Å². The normalized spacial score (nSPS) is 18.1. The van der Waals surface area contributed by atoms with Gasteiger partial charge in [-0.3, -0.25) is 9.88 Å². The number of fused-ring (bicyclic) bond motifs is 1. The number of likely N-dealkylation sites (tertiary alicyclic amines) is 1. The SMILES string of the molecule is COCc1ccc(CN2CCC[C@H](CNS(=O)(=O)c3cccc4cccnc34)C2)o1. The molecule has 3 heterocycles. The predicted octanol–water partition coefficient (Wildman–Crippen LogP) is 3.16. The van der Waals surface area contributed by atoms with Crippen LogP contribution >= 0.6 is 0 Å². The summed E-state index contributed by atoms with van der Waals surface area (Å²) in [7, 11) is -1.98. The highest BCUT2D eigenvalue weighted by molar-refractivity contribution is 7.89. The van der Waals surface area contributed by atoms with Crippen molar-refractivity contribution in [3.8, 4) is 0 Å². The minimum Gasteiger partial charge on any atom is -0.462 e. The third-order valence-corrected chi connectivity index (χ3v) is 6.89. The Labute approximate surface area is 177 Å². The van der Waals surface area contributed by atoms with E-state index in [1.54, 1.807) is 31.5 Å². The molecule has 160 valence electrons. The lowest BCUT2D eigenvalue weighted by Gasteiger charge is -2.32. The Bertz CT molecular complexity index is 1090. The number of hydrogen-bond donors (Lipinski definition) is 1. The smallest absolute Gasteiger partial charge is 0.242 e. The van der Waals surface area contributed by atoms with Crippen LogP contribution in [0.15, 0.2) is 58.0 Å². The summed E-state index contributed by atoms with van der Waals surface area (Å²) in [5.41, 5.74) is 0.502. The summed E-state index contributed by atoms with van der Waals surface area (Å²) >= 11 is 0. The second-order valence-corrected chi connectivity index (χ2v) is 9.46. The van der Waals surface area contributed by atoms with Gasteiger partial charge in [0, 0.05) is 31.8 Å².